The van der Waals surface area contributed by atoms with Crippen LogP contribution in [0.2, 0.25) is 0 Å². The summed E-state index contributed by atoms with van der Waals surface area (Å²) in [5.74, 6) is 6.46. The van der Waals surface area contributed by atoms with Crippen LogP contribution in [0.4, 0.5) is 0 Å². The summed E-state index contributed by atoms with van der Waals surface area (Å²) in [5.41, 5.74) is 13.0. The Balaban J connectivity index is 1.41. The molecule has 2 aliphatic rings. The summed E-state index contributed by atoms with van der Waals surface area (Å²) >= 11 is 0. The molecule has 0 unspecified atom stereocenters. The molecule has 8 bridgehead atoms. The van der Waals surface area contributed by atoms with E-state index in [9.17, 15) is 8.42 Å². The van der Waals surface area contributed by atoms with Gasteiger partial charge in [0.05, 0.1) is 102 Å². The number of nitrogens with zero attached hydrogens (tertiary/aromatic N) is 2. The average Bonchev–Trinajstić information content (AvgIpc) is 1.62. The van der Waals surface area contributed by atoms with Crippen molar-refractivity contribution in [3.8, 4) is 102 Å². The van der Waals surface area contributed by atoms with E-state index in [0.717, 1.165) is 352 Å². The summed E-state index contributed by atoms with van der Waals surface area (Å²) in [5, 5.41) is 0. The first-order valence-corrected chi connectivity index (χ1v) is 50.1. The lowest BCUT2D eigenvalue weighted by atomic mass is 10.0. The Bertz CT molecular complexity index is 4380. The molecule has 5 heterocycles. The average molecular weight is 1710 g/mol. The third kappa shape index (κ3) is 32.4. The summed E-state index contributed by atoms with van der Waals surface area (Å²) in [7, 11) is -3.48. The number of fused-ring (bicyclic) bond motifs is 8. The van der Waals surface area contributed by atoms with E-state index in [1.165, 1.54) is 0 Å². The molecule has 0 saturated heterocycles. The number of unbranched alkanes of at least 4 members (excludes halogenated alkanes) is 30. The van der Waals surface area contributed by atoms with E-state index in [1.807, 2.05) is 12.1 Å². The molecular formula is C105H152N4O13S. The van der Waals surface area contributed by atoms with Crippen molar-refractivity contribution in [3.63, 3.8) is 0 Å². The van der Waals surface area contributed by atoms with Crippen LogP contribution in [0.25, 0.3) is 90.9 Å². The van der Waals surface area contributed by atoms with Gasteiger partial charge in [-0.15, -0.1) is 0 Å². The van der Waals surface area contributed by atoms with E-state index in [-0.39, 0.29) is 6.61 Å². The van der Waals surface area contributed by atoms with Gasteiger partial charge in [0, 0.05) is 44.3 Å². The Morgan fingerprint density at radius 1 is 0.244 bits per heavy atom. The van der Waals surface area contributed by atoms with Gasteiger partial charge in [0.2, 0.25) is 17.2 Å². The SMILES string of the molecule is CCCCCCOc1cc(-c2c3nc(c(-c4cc(OCCCCCC)c(OCCCCCC)c(OCCCCCC)c4)c4ccc([nH]4)c(-c4cc(OCCCCCC)c(OCCCCCC)c(OCCCCCC)c4)c4nc(c(-c5ccc(OCCCCCCOS(C)(=O)=O)cc5)c5ccc2[nH]5)C=C4)C=C3)cc(OCCCCCC)c1OCCCCCC. The maximum absolute atomic E-state index is 11.6. The molecule has 2 aliphatic heterocycles. The Morgan fingerprint density at radius 3 is 0.691 bits per heavy atom. The van der Waals surface area contributed by atoms with Gasteiger partial charge < -0.3 is 57.3 Å². The van der Waals surface area contributed by atoms with Crippen LogP contribution in [0.15, 0.2) is 84.9 Å². The Labute approximate surface area is 739 Å². The minimum absolute atomic E-state index is 0.176. The lowest BCUT2D eigenvalue weighted by molar-refractivity contribution is 0.234. The van der Waals surface area contributed by atoms with Crippen LogP contribution >= 0.6 is 0 Å². The van der Waals surface area contributed by atoms with Crippen molar-refractivity contribution in [1.82, 2.24) is 19.9 Å². The van der Waals surface area contributed by atoms with Crippen LogP contribution in [0.3, 0.4) is 0 Å². The molecule has 0 spiro atoms. The van der Waals surface area contributed by atoms with Gasteiger partial charge in [0.15, 0.2) is 34.5 Å². The highest BCUT2D eigenvalue weighted by Crippen LogP contribution is 2.50. The van der Waals surface area contributed by atoms with Crippen molar-refractivity contribution in [2.24, 2.45) is 0 Å². The first-order valence-electron chi connectivity index (χ1n) is 48.3. The van der Waals surface area contributed by atoms with Crippen molar-refractivity contribution in [1.29, 1.82) is 0 Å². The first-order chi connectivity index (χ1) is 60.4. The van der Waals surface area contributed by atoms with E-state index < -0.39 is 10.1 Å². The molecule has 9 rings (SSSR count). The van der Waals surface area contributed by atoms with Crippen molar-refractivity contribution in [3.05, 3.63) is 108 Å². The number of hydrogen-bond donors (Lipinski definition) is 2. The fourth-order valence-corrected chi connectivity index (χ4v) is 16.1. The summed E-state index contributed by atoms with van der Waals surface area (Å²) < 4.78 is 98.0. The number of aromatic amines is 2. The number of benzene rings is 4. The quantitative estimate of drug-likeness (QED) is 0.0270. The number of H-pyrrole nitrogens is 2. The van der Waals surface area contributed by atoms with Crippen molar-refractivity contribution in [2.45, 2.75) is 319 Å². The second kappa shape index (κ2) is 56.4. The summed E-state index contributed by atoms with van der Waals surface area (Å²) in [4.78, 5) is 20.1. The summed E-state index contributed by atoms with van der Waals surface area (Å²) in [6, 6.07) is 30.0. The maximum atomic E-state index is 11.6. The van der Waals surface area contributed by atoms with Gasteiger partial charge in [0.25, 0.3) is 10.1 Å². The third-order valence-corrected chi connectivity index (χ3v) is 23.3. The first kappa shape index (κ1) is 98.2. The van der Waals surface area contributed by atoms with Gasteiger partial charge >= 0.3 is 0 Å². The zero-order chi connectivity index (χ0) is 86.9. The Kier molecular flexibility index (Phi) is 45.0. The minimum Gasteiger partial charge on any atom is -0.494 e. The second-order valence-electron chi connectivity index (χ2n) is 33.4. The zero-order valence-electron chi connectivity index (χ0n) is 77.1. The van der Waals surface area contributed by atoms with Crippen molar-refractivity contribution < 1.29 is 60.0 Å². The van der Waals surface area contributed by atoms with E-state index in [0.29, 0.717) is 124 Å². The topological polar surface area (TPSA) is 193 Å². The molecule has 0 amide bonds. The number of aromatic nitrogens is 4. The molecule has 123 heavy (non-hydrogen) atoms. The summed E-state index contributed by atoms with van der Waals surface area (Å²) in [6.07, 6.45) is 50.6. The molecule has 3 aromatic heterocycles. The molecule has 7 aromatic rings. The van der Waals surface area contributed by atoms with Crippen LogP contribution in [-0.4, -0.2) is 107 Å². The minimum atomic E-state index is -3.48. The van der Waals surface area contributed by atoms with Crippen LogP contribution in [-0.2, 0) is 14.3 Å². The van der Waals surface area contributed by atoms with E-state index >= 15 is 0 Å². The van der Waals surface area contributed by atoms with Crippen molar-refractivity contribution in [2.75, 3.05) is 78.9 Å². The van der Waals surface area contributed by atoms with Gasteiger partial charge in [-0.3, -0.25) is 4.18 Å². The summed E-state index contributed by atoms with van der Waals surface area (Å²) in [6.45, 7) is 25.5. The molecule has 17 nitrogen and oxygen atoms in total. The van der Waals surface area contributed by atoms with Crippen LogP contribution < -0.4 is 47.4 Å². The van der Waals surface area contributed by atoms with Gasteiger partial charge in [0.1, 0.15) is 5.75 Å². The third-order valence-electron chi connectivity index (χ3n) is 22.7. The van der Waals surface area contributed by atoms with Crippen LogP contribution in [0.1, 0.15) is 342 Å². The van der Waals surface area contributed by atoms with Gasteiger partial charge in [-0.2, -0.15) is 8.42 Å². The number of hydrogen-bond acceptors (Lipinski definition) is 15. The molecule has 676 valence electrons. The lowest BCUT2D eigenvalue weighted by Crippen LogP contribution is -2.07. The van der Waals surface area contributed by atoms with E-state index in [4.69, 9.17) is 61.5 Å². The van der Waals surface area contributed by atoms with Gasteiger partial charge in [-0.05, 0) is 196 Å². The van der Waals surface area contributed by atoms with Gasteiger partial charge in [-0.25, -0.2) is 9.97 Å². The maximum Gasteiger partial charge on any atom is 0.264 e. The molecule has 0 aliphatic carbocycles. The predicted octanol–water partition coefficient (Wildman–Crippen LogP) is 29.9. The van der Waals surface area contributed by atoms with Crippen molar-refractivity contribution >= 4 is 56.5 Å². The fraction of sp³-hybridized carbons (Fsp3) is 0.581. The van der Waals surface area contributed by atoms with Gasteiger partial charge in [-0.1, -0.05) is 254 Å². The molecule has 4 aromatic carbocycles. The second-order valence-corrected chi connectivity index (χ2v) is 35.0. The highest BCUT2D eigenvalue weighted by Gasteiger charge is 2.27. The molecule has 0 radical (unpaired) electrons. The fourth-order valence-electron chi connectivity index (χ4n) is 15.7. The van der Waals surface area contributed by atoms with E-state index in [1.54, 1.807) is 0 Å². The zero-order valence-corrected chi connectivity index (χ0v) is 77.9. The van der Waals surface area contributed by atoms with E-state index in [2.05, 4.69) is 169 Å². The number of nitrogens with one attached hydrogen (secondary N) is 2. The number of rotatable bonds is 67. The highest BCUT2D eigenvalue weighted by molar-refractivity contribution is 7.86. The molecule has 18 heteroatoms. The standard InChI is InChI=1S/C105H152N4O13S/c1-11-20-29-40-64-113-93-74-81(75-94(114-65-41-30-21-12-2)103(93)119-70-46-35-26-17-7)100-87-57-55-85(106-87)99(80-51-53-84(54-52-80)112-63-49-38-39-50-73-122-123(10,110)111)86-56-58-88(107-86)101(82-76-95(115-66-42-31-22-13-3)104(120-71-47-36-27-18-8)96(77-82)116-67-43-32-23-14-4)90-60-62-92(109-90)102(91-61-59-89(100)108-91)83-78-97(117-68-44-33-24-15-5)105(121-72-48-37-28-19-9)98(79-83)118-69-45-34-25-16-6/h51-62,74-79,106,109H,11-50,63-73H2,1-10H3. The molecule has 2 N–H and O–H groups in total. The smallest absolute Gasteiger partial charge is 0.264 e. The predicted molar refractivity (Wildman–Crippen MR) is 512 cm³/mol. The largest absolute Gasteiger partial charge is 0.494 e. The molecule has 0 atom stereocenters. The molecule has 0 saturated carbocycles. The van der Waals surface area contributed by atoms with Crippen LogP contribution in [0.5, 0.6) is 57.5 Å². The Morgan fingerprint density at radius 2 is 0.455 bits per heavy atom. The number of ether oxygens (including phenoxy) is 10. The van der Waals surface area contributed by atoms with Crippen LogP contribution in [0, 0.1) is 0 Å². The molecule has 0 fully saturated rings. The Hall–Kier alpha value is -8.61. The lowest BCUT2D eigenvalue weighted by Gasteiger charge is -2.20. The highest BCUT2D eigenvalue weighted by atomic mass is 32.2. The normalized spacial score (nSPS) is 11.9. The molecular weight excluding hydrogens is 1560 g/mol. The monoisotopic (exact) mass is 1710 g/mol.